The van der Waals surface area contributed by atoms with Gasteiger partial charge in [-0.3, -0.25) is 0 Å². The number of nitrogen functional groups attached to an aromatic ring is 1. The van der Waals surface area contributed by atoms with Gasteiger partial charge >= 0.3 is 0 Å². The number of unbranched alkanes of at least 4 members (excludes halogenated alkanes) is 1. The predicted molar refractivity (Wildman–Crippen MR) is 75.1 cm³/mol. The quantitative estimate of drug-likeness (QED) is 0.785. The van der Waals surface area contributed by atoms with Crippen LogP contribution < -0.4 is 10.6 Å². The van der Waals surface area contributed by atoms with Gasteiger partial charge in [-0.2, -0.15) is 0 Å². The zero-order chi connectivity index (χ0) is 12.8. The van der Waals surface area contributed by atoms with Crippen LogP contribution in [0.1, 0.15) is 19.8 Å². The molecular weight excluding hydrogens is 259 g/mol. The van der Waals surface area contributed by atoms with Gasteiger partial charge in [0.25, 0.3) is 0 Å². The van der Waals surface area contributed by atoms with Crippen LogP contribution in [0.4, 0.5) is 11.4 Å². The van der Waals surface area contributed by atoms with Crippen LogP contribution in [0.25, 0.3) is 0 Å². The van der Waals surface area contributed by atoms with Gasteiger partial charge in [0.1, 0.15) is 0 Å². The highest BCUT2D eigenvalue weighted by Crippen LogP contribution is 2.35. The van der Waals surface area contributed by atoms with Crippen molar-refractivity contribution in [1.82, 2.24) is 0 Å². The van der Waals surface area contributed by atoms with Crippen molar-refractivity contribution in [3.8, 4) is 0 Å². The summed E-state index contributed by atoms with van der Waals surface area (Å²) in [5, 5.41) is 10.1. The van der Waals surface area contributed by atoms with Crippen molar-refractivity contribution >= 4 is 34.6 Å². The molecule has 0 unspecified atom stereocenters. The van der Waals surface area contributed by atoms with Gasteiger partial charge in [0, 0.05) is 18.8 Å². The lowest BCUT2D eigenvalue weighted by Gasteiger charge is -2.26. The fraction of sp³-hybridized carbons (Fsp3) is 0.500. The molecule has 0 fully saturated rings. The van der Waals surface area contributed by atoms with Crippen molar-refractivity contribution in [1.29, 1.82) is 0 Å². The van der Waals surface area contributed by atoms with E-state index in [9.17, 15) is 0 Å². The number of benzene rings is 1. The molecule has 1 rings (SSSR count). The Kier molecular flexibility index (Phi) is 5.89. The van der Waals surface area contributed by atoms with Gasteiger partial charge < -0.3 is 15.7 Å². The molecule has 1 aromatic carbocycles. The molecule has 3 nitrogen and oxygen atoms in total. The average Bonchev–Trinajstić information content (AvgIpc) is 2.24. The minimum Gasteiger partial charge on any atom is -0.399 e. The molecule has 17 heavy (non-hydrogen) atoms. The van der Waals surface area contributed by atoms with Gasteiger partial charge in [-0.05, 0) is 18.6 Å². The van der Waals surface area contributed by atoms with Crippen LogP contribution in [0.3, 0.4) is 0 Å². The second-order valence-corrected chi connectivity index (χ2v) is 4.71. The number of aliphatic hydroxyl groups is 1. The third kappa shape index (κ3) is 3.95. The highest BCUT2D eigenvalue weighted by molar-refractivity contribution is 6.39. The lowest BCUT2D eigenvalue weighted by Crippen LogP contribution is -2.28. The van der Waals surface area contributed by atoms with E-state index in [0.717, 1.165) is 25.1 Å². The highest BCUT2D eigenvalue weighted by atomic mass is 35.5. The second kappa shape index (κ2) is 6.94. The normalized spacial score (nSPS) is 10.6. The number of nitrogens with two attached hydrogens (primary N) is 1. The molecule has 0 atom stereocenters. The maximum absolute atomic E-state index is 9.08. The number of aliphatic hydroxyl groups excluding tert-OH is 1. The Hall–Kier alpha value is -0.640. The van der Waals surface area contributed by atoms with Crippen molar-refractivity contribution < 1.29 is 5.11 Å². The fourth-order valence-electron chi connectivity index (χ4n) is 1.69. The summed E-state index contributed by atoms with van der Waals surface area (Å²) in [4.78, 5) is 1.99. The molecular formula is C12H18Cl2N2O. The zero-order valence-electron chi connectivity index (χ0n) is 9.92. The largest absolute Gasteiger partial charge is 0.399 e. The van der Waals surface area contributed by atoms with Crippen LogP contribution in [0.15, 0.2) is 12.1 Å². The van der Waals surface area contributed by atoms with E-state index >= 15 is 0 Å². The summed E-state index contributed by atoms with van der Waals surface area (Å²) < 4.78 is 0. The molecule has 3 N–H and O–H groups in total. The van der Waals surface area contributed by atoms with Gasteiger partial charge in [-0.15, -0.1) is 0 Å². The number of nitrogens with zero attached hydrogens (tertiary/aromatic N) is 1. The molecule has 0 amide bonds. The lowest BCUT2D eigenvalue weighted by atomic mass is 10.2. The molecule has 0 aromatic heterocycles. The molecule has 0 aliphatic rings. The monoisotopic (exact) mass is 276 g/mol. The number of rotatable bonds is 6. The van der Waals surface area contributed by atoms with Crippen molar-refractivity contribution in [3.63, 3.8) is 0 Å². The van der Waals surface area contributed by atoms with Gasteiger partial charge in [0.2, 0.25) is 0 Å². The first-order valence-corrected chi connectivity index (χ1v) is 6.46. The Morgan fingerprint density at radius 1 is 1.24 bits per heavy atom. The molecule has 1 aromatic rings. The third-order valence-corrected chi connectivity index (χ3v) is 3.08. The third-order valence-electron chi connectivity index (χ3n) is 2.51. The molecule has 0 aliphatic heterocycles. The van der Waals surface area contributed by atoms with Crippen molar-refractivity contribution in [2.45, 2.75) is 19.8 Å². The van der Waals surface area contributed by atoms with Crippen LogP contribution in [0.2, 0.25) is 10.0 Å². The Balaban J connectivity index is 3.00. The summed E-state index contributed by atoms with van der Waals surface area (Å²) in [6, 6.07) is 3.36. The standard InChI is InChI=1S/C12H18Cl2N2O/c1-2-3-4-16(5-6-17)12-10(13)7-9(15)8-11(12)14/h7-8,17H,2-6,15H2,1H3. The zero-order valence-corrected chi connectivity index (χ0v) is 11.4. The van der Waals surface area contributed by atoms with Crippen LogP contribution in [-0.2, 0) is 0 Å². The molecule has 0 saturated carbocycles. The number of hydrogen-bond donors (Lipinski definition) is 2. The van der Waals surface area contributed by atoms with Gasteiger partial charge in [-0.1, -0.05) is 36.5 Å². The number of halogens is 2. The lowest BCUT2D eigenvalue weighted by molar-refractivity contribution is 0.301. The van der Waals surface area contributed by atoms with Crippen molar-refractivity contribution in [2.24, 2.45) is 0 Å². The Morgan fingerprint density at radius 2 is 1.82 bits per heavy atom. The second-order valence-electron chi connectivity index (χ2n) is 3.90. The molecule has 0 spiro atoms. The molecule has 5 heteroatoms. The molecule has 0 heterocycles. The van der Waals surface area contributed by atoms with Crippen LogP contribution in [0.5, 0.6) is 0 Å². The maximum atomic E-state index is 9.08. The van der Waals surface area contributed by atoms with E-state index in [-0.39, 0.29) is 6.61 Å². The van der Waals surface area contributed by atoms with E-state index < -0.39 is 0 Å². The van der Waals surface area contributed by atoms with Crippen molar-refractivity contribution in [3.05, 3.63) is 22.2 Å². The predicted octanol–water partition coefficient (Wildman–Crippen LogP) is 3.17. The van der Waals surface area contributed by atoms with Crippen LogP contribution in [0, 0.1) is 0 Å². The van der Waals surface area contributed by atoms with E-state index in [2.05, 4.69) is 6.92 Å². The van der Waals surface area contributed by atoms with Crippen LogP contribution >= 0.6 is 23.2 Å². The minimum absolute atomic E-state index is 0.0702. The number of hydrogen-bond acceptors (Lipinski definition) is 3. The summed E-state index contributed by atoms with van der Waals surface area (Å²) in [5.41, 5.74) is 6.97. The number of anilines is 2. The summed E-state index contributed by atoms with van der Waals surface area (Å²) in [6.45, 7) is 3.52. The Bertz CT molecular complexity index is 349. The molecule has 96 valence electrons. The smallest absolute Gasteiger partial charge is 0.0747 e. The van der Waals surface area contributed by atoms with Gasteiger partial charge in [0.05, 0.1) is 22.3 Å². The first kappa shape index (κ1) is 14.4. The summed E-state index contributed by atoms with van der Waals surface area (Å²) in [7, 11) is 0. The van der Waals surface area contributed by atoms with Gasteiger partial charge in [0.15, 0.2) is 0 Å². The minimum atomic E-state index is 0.0702. The topological polar surface area (TPSA) is 49.5 Å². The summed E-state index contributed by atoms with van der Waals surface area (Å²) in [5.74, 6) is 0. The van der Waals surface area contributed by atoms with E-state index in [1.54, 1.807) is 12.1 Å². The Labute approximate surface area is 112 Å². The summed E-state index contributed by atoms with van der Waals surface area (Å²) >= 11 is 12.3. The Morgan fingerprint density at radius 3 is 2.29 bits per heavy atom. The first-order chi connectivity index (χ1) is 8.10. The van der Waals surface area contributed by atoms with E-state index in [1.165, 1.54) is 0 Å². The first-order valence-electron chi connectivity index (χ1n) is 5.70. The van der Waals surface area contributed by atoms with E-state index in [4.69, 9.17) is 34.0 Å². The summed E-state index contributed by atoms with van der Waals surface area (Å²) in [6.07, 6.45) is 2.10. The fourth-order valence-corrected chi connectivity index (χ4v) is 2.44. The van der Waals surface area contributed by atoms with E-state index in [0.29, 0.717) is 22.3 Å². The average molecular weight is 277 g/mol. The van der Waals surface area contributed by atoms with Crippen molar-refractivity contribution in [2.75, 3.05) is 30.3 Å². The molecule has 0 aliphatic carbocycles. The SMILES string of the molecule is CCCCN(CCO)c1c(Cl)cc(N)cc1Cl. The maximum Gasteiger partial charge on any atom is 0.0747 e. The molecule has 0 radical (unpaired) electrons. The highest BCUT2D eigenvalue weighted by Gasteiger charge is 2.14. The molecule has 0 saturated heterocycles. The van der Waals surface area contributed by atoms with E-state index in [1.807, 2.05) is 4.90 Å². The molecule has 0 bridgehead atoms. The van der Waals surface area contributed by atoms with Gasteiger partial charge in [-0.25, -0.2) is 0 Å². The van der Waals surface area contributed by atoms with Crippen LogP contribution in [-0.4, -0.2) is 24.8 Å².